The summed E-state index contributed by atoms with van der Waals surface area (Å²) < 4.78 is 23.1. The largest absolute Gasteiger partial charge is 0.370 e. The lowest BCUT2D eigenvalue weighted by atomic mass is 9.89. The summed E-state index contributed by atoms with van der Waals surface area (Å²) in [6.07, 6.45) is 2.30. The summed E-state index contributed by atoms with van der Waals surface area (Å²) in [5.74, 6) is 1.12. The van der Waals surface area contributed by atoms with Gasteiger partial charge in [0.1, 0.15) is 0 Å². The third-order valence-corrected chi connectivity index (χ3v) is 5.73. The molecule has 0 bridgehead atoms. The van der Waals surface area contributed by atoms with Crippen LogP contribution in [0.2, 0.25) is 0 Å². The lowest BCUT2D eigenvalue weighted by Gasteiger charge is -2.44. The van der Waals surface area contributed by atoms with E-state index in [2.05, 4.69) is 23.7 Å². The minimum Gasteiger partial charge on any atom is -0.370 e. The van der Waals surface area contributed by atoms with Crippen molar-refractivity contribution in [2.24, 2.45) is 10.7 Å². The van der Waals surface area contributed by atoms with E-state index in [1.54, 1.807) is 0 Å². The summed E-state index contributed by atoms with van der Waals surface area (Å²) in [6, 6.07) is 0.321. The van der Waals surface area contributed by atoms with Gasteiger partial charge in [0.2, 0.25) is 0 Å². The molecule has 0 aromatic carbocycles. The molecule has 0 aromatic rings. The zero-order valence-electron chi connectivity index (χ0n) is 10.5. The first-order valence-electron chi connectivity index (χ1n) is 6.20. The Hall–Kier alpha value is -0.780. The molecule has 0 aromatic heterocycles. The highest BCUT2D eigenvalue weighted by Gasteiger charge is 2.47. The third-order valence-electron chi connectivity index (χ3n) is 4.08. The Labute approximate surface area is 103 Å². The second-order valence-corrected chi connectivity index (χ2v) is 7.48. The van der Waals surface area contributed by atoms with Crippen LogP contribution < -0.4 is 5.73 Å². The van der Waals surface area contributed by atoms with Crippen molar-refractivity contribution in [1.82, 2.24) is 4.90 Å². The number of nitrogens with two attached hydrogens (primary N) is 1. The first-order chi connectivity index (χ1) is 7.90. The summed E-state index contributed by atoms with van der Waals surface area (Å²) in [5.41, 5.74) is 5.82. The van der Waals surface area contributed by atoms with Crippen LogP contribution in [0.25, 0.3) is 0 Å². The molecule has 6 heteroatoms. The lowest BCUT2D eigenvalue weighted by molar-refractivity contribution is 0.139. The van der Waals surface area contributed by atoms with Gasteiger partial charge in [0.15, 0.2) is 15.8 Å². The zero-order valence-corrected chi connectivity index (χ0v) is 11.3. The Morgan fingerprint density at radius 1 is 1.47 bits per heavy atom. The molecule has 0 aliphatic carbocycles. The maximum atomic E-state index is 11.5. The van der Waals surface area contributed by atoms with Gasteiger partial charge in [-0.05, 0) is 26.2 Å². The van der Waals surface area contributed by atoms with E-state index >= 15 is 0 Å². The van der Waals surface area contributed by atoms with Crippen LogP contribution in [-0.4, -0.2) is 48.9 Å². The van der Waals surface area contributed by atoms with E-state index < -0.39 is 9.84 Å². The van der Waals surface area contributed by atoms with Crippen molar-refractivity contribution in [3.8, 4) is 0 Å². The second kappa shape index (κ2) is 4.15. The molecule has 17 heavy (non-hydrogen) atoms. The van der Waals surface area contributed by atoms with Crippen molar-refractivity contribution in [2.45, 2.75) is 44.7 Å². The smallest absolute Gasteiger partial charge is 0.192 e. The van der Waals surface area contributed by atoms with Crippen LogP contribution in [0.4, 0.5) is 0 Å². The van der Waals surface area contributed by atoms with Gasteiger partial charge < -0.3 is 10.6 Å². The van der Waals surface area contributed by atoms with Gasteiger partial charge in [-0.25, -0.2) is 8.42 Å². The van der Waals surface area contributed by atoms with Gasteiger partial charge in [-0.1, -0.05) is 6.92 Å². The summed E-state index contributed by atoms with van der Waals surface area (Å²) in [4.78, 5) is 6.49. The molecule has 2 rings (SSSR count). The Morgan fingerprint density at radius 3 is 2.59 bits per heavy atom. The Balaban J connectivity index is 2.21. The fourth-order valence-electron chi connectivity index (χ4n) is 2.82. The molecule has 1 unspecified atom stereocenters. The number of aliphatic imine (C=N–C) groups is 1. The van der Waals surface area contributed by atoms with E-state index in [4.69, 9.17) is 5.73 Å². The number of hydrogen-bond acceptors (Lipinski definition) is 5. The van der Waals surface area contributed by atoms with Crippen LogP contribution in [0.15, 0.2) is 4.99 Å². The second-order valence-electron chi connectivity index (χ2n) is 5.18. The van der Waals surface area contributed by atoms with Crippen LogP contribution >= 0.6 is 0 Å². The summed E-state index contributed by atoms with van der Waals surface area (Å²) in [6.45, 7) is 4.89. The van der Waals surface area contributed by atoms with Gasteiger partial charge in [-0.3, -0.25) is 4.99 Å². The van der Waals surface area contributed by atoms with E-state index in [9.17, 15) is 8.42 Å². The standard InChI is InChI=1S/C11H21N3O2S/c1-3-9(2)14-10(12)13-8-11(14)4-6-17(15,16)7-5-11/h9H,3-8H2,1-2H3,(H2,12,13). The van der Waals surface area contributed by atoms with E-state index in [-0.39, 0.29) is 17.0 Å². The molecule has 2 heterocycles. The van der Waals surface area contributed by atoms with Gasteiger partial charge in [0, 0.05) is 6.04 Å². The van der Waals surface area contributed by atoms with Crippen molar-refractivity contribution < 1.29 is 8.42 Å². The minimum atomic E-state index is -2.84. The highest BCUT2D eigenvalue weighted by Crippen LogP contribution is 2.35. The lowest BCUT2D eigenvalue weighted by Crippen LogP contribution is -2.58. The number of nitrogens with zero attached hydrogens (tertiary/aromatic N) is 2. The monoisotopic (exact) mass is 259 g/mol. The van der Waals surface area contributed by atoms with Gasteiger partial charge in [0.05, 0.1) is 23.6 Å². The highest BCUT2D eigenvalue weighted by atomic mass is 32.2. The molecular weight excluding hydrogens is 238 g/mol. The molecule has 1 saturated heterocycles. The van der Waals surface area contributed by atoms with Crippen LogP contribution in [0, 0.1) is 0 Å². The van der Waals surface area contributed by atoms with E-state index in [0.29, 0.717) is 31.4 Å². The topological polar surface area (TPSA) is 75.8 Å². The number of guanidine groups is 1. The molecular formula is C11H21N3O2S. The average molecular weight is 259 g/mol. The zero-order chi connectivity index (χ0) is 12.7. The van der Waals surface area contributed by atoms with E-state index in [1.165, 1.54) is 0 Å². The third kappa shape index (κ3) is 2.14. The van der Waals surface area contributed by atoms with E-state index in [1.807, 2.05) is 0 Å². The van der Waals surface area contributed by atoms with Crippen molar-refractivity contribution in [3.05, 3.63) is 0 Å². The fourth-order valence-corrected chi connectivity index (χ4v) is 4.40. The van der Waals surface area contributed by atoms with Crippen molar-refractivity contribution in [2.75, 3.05) is 18.1 Å². The van der Waals surface area contributed by atoms with Crippen molar-refractivity contribution >= 4 is 15.8 Å². The Morgan fingerprint density at radius 2 is 2.06 bits per heavy atom. The van der Waals surface area contributed by atoms with Crippen LogP contribution in [-0.2, 0) is 9.84 Å². The predicted octanol–water partition coefficient (Wildman–Crippen LogP) is 0.363. The Kier molecular flexibility index (Phi) is 3.10. The quantitative estimate of drug-likeness (QED) is 0.777. The van der Waals surface area contributed by atoms with Crippen LogP contribution in [0.1, 0.15) is 33.1 Å². The van der Waals surface area contributed by atoms with Gasteiger partial charge in [-0.2, -0.15) is 0 Å². The Bertz CT molecular complexity index is 416. The molecule has 2 aliphatic rings. The maximum absolute atomic E-state index is 11.5. The van der Waals surface area contributed by atoms with Crippen molar-refractivity contribution in [3.63, 3.8) is 0 Å². The average Bonchev–Trinajstić information content (AvgIpc) is 2.61. The fraction of sp³-hybridized carbons (Fsp3) is 0.909. The number of sulfone groups is 1. The summed E-state index contributed by atoms with van der Waals surface area (Å²) >= 11 is 0. The van der Waals surface area contributed by atoms with Crippen LogP contribution in [0.5, 0.6) is 0 Å². The molecule has 98 valence electrons. The van der Waals surface area contributed by atoms with Gasteiger partial charge in [0.25, 0.3) is 0 Å². The predicted molar refractivity (Wildman–Crippen MR) is 68.7 cm³/mol. The summed E-state index contributed by atoms with van der Waals surface area (Å²) in [7, 11) is -2.84. The van der Waals surface area contributed by atoms with Gasteiger partial charge in [-0.15, -0.1) is 0 Å². The molecule has 5 nitrogen and oxygen atoms in total. The molecule has 1 spiro atoms. The van der Waals surface area contributed by atoms with E-state index in [0.717, 1.165) is 6.42 Å². The summed E-state index contributed by atoms with van der Waals surface area (Å²) in [5, 5.41) is 0. The normalized spacial score (nSPS) is 28.1. The van der Waals surface area contributed by atoms with Gasteiger partial charge >= 0.3 is 0 Å². The SMILES string of the molecule is CCC(C)N1C(N)=NCC12CCS(=O)(=O)CC2. The molecule has 2 aliphatic heterocycles. The molecule has 0 amide bonds. The molecule has 2 N–H and O–H groups in total. The molecule has 0 saturated carbocycles. The highest BCUT2D eigenvalue weighted by molar-refractivity contribution is 7.91. The number of rotatable bonds is 2. The first-order valence-corrected chi connectivity index (χ1v) is 8.02. The first kappa shape index (κ1) is 12.7. The molecule has 1 fully saturated rings. The maximum Gasteiger partial charge on any atom is 0.192 e. The molecule has 0 radical (unpaired) electrons. The molecule has 1 atom stereocenters. The van der Waals surface area contributed by atoms with Crippen molar-refractivity contribution in [1.29, 1.82) is 0 Å². The number of hydrogen-bond donors (Lipinski definition) is 1. The minimum absolute atomic E-state index is 0.134. The van der Waals surface area contributed by atoms with Crippen LogP contribution in [0.3, 0.4) is 0 Å².